The molecule has 0 atom stereocenters. The van der Waals surface area contributed by atoms with Crippen molar-refractivity contribution in [2.75, 3.05) is 5.32 Å². The zero-order valence-corrected chi connectivity index (χ0v) is 15.1. The van der Waals surface area contributed by atoms with Crippen molar-refractivity contribution in [2.24, 2.45) is 0 Å². The normalized spacial score (nSPS) is 10.5. The van der Waals surface area contributed by atoms with E-state index in [1.54, 1.807) is 13.0 Å². The monoisotopic (exact) mass is 377 g/mol. The molecule has 144 valence electrons. The fourth-order valence-corrected chi connectivity index (χ4v) is 2.52. The number of halogens is 2. The molecular formula is C19H21F2N3O3. The molecule has 2 N–H and O–H groups in total. The molecule has 2 aromatic rings. The van der Waals surface area contributed by atoms with Gasteiger partial charge in [-0.3, -0.25) is 14.4 Å². The maximum Gasteiger partial charge on any atom is 0.274 e. The highest BCUT2D eigenvalue weighted by atomic mass is 19.1. The highest BCUT2D eigenvalue weighted by molar-refractivity contribution is 5.90. The Bertz CT molecular complexity index is 889. The molecule has 1 aromatic heterocycles. The molecule has 0 saturated carbocycles. The van der Waals surface area contributed by atoms with Gasteiger partial charge in [0.1, 0.15) is 23.9 Å². The van der Waals surface area contributed by atoms with Crippen LogP contribution in [0.1, 0.15) is 31.0 Å². The van der Waals surface area contributed by atoms with Crippen molar-refractivity contribution in [1.29, 1.82) is 0 Å². The predicted molar refractivity (Wildman–Crippen MR) is 97.2 cm³/mol. The Morgan fingerprint density at radius 2 is 1.74 bits per heavy atom. The number of benzene rings is 1. The first kappa shape index (κ1) is 20.3. The minimum absolute atomic E-state index is 0.0752. The summed E-state index contributed by atoms with van der Waals surface area (Å²) in [7, 11) is 0. The van der Waals surface area contributed by atoms with Gasteiger partial charge in [0, 0.05) is 24.7 Å². The lowest BCUT2D eigenvalue weighted by molar-refractivity contribution is -0.122. The summed E-state index contributed by atoms with van der Waals surface area (Å²) in [4.78, 5) is 36.3. The largest absolute Gasteiger partial charge is 0.350 e. The number of pyridine rings is 1. The smallest absolute Gasteiger partial charge is 0.274 e. The Labute approximate surface area is 155 Å². The Morgan fingerprint density at radius 3 is 2.37 bits per heavy atom. The molecule has 0 unspecified atom stereocenters. The topological polar surface area (TPSA) is 80.2 Å². The quantitative estimate of drug-likeness (QED) is 0.778. The number of aromatic nitrogens is 1. The highest BCUT2D eigenvalue weighted by Crippen LogP contribution is 2.08. The number of aryl methyl sites for hydroxylation is 1. The number of amides is 2. The van der Waals surface area contributed by atoms with E-state index in [-0.39, 0.29) is 36.7 Å². The summed E-state index contributed by atoms with van der Waals surface area (Å²) in [6.45, 7) is 3.16. The van der Waals surface area contributed by atoms with Gasteiger partial charge < -0.3 is 15.2 Å². The summed E-state index contributed by atoms with van der Waals surface area (Å²) in [5.41, 5.74) is 0.413. The van der Waals surface area contributed by atoms with Gasteiger partial charge in [0.05, 0.1) is 0 Å². The van der Waals surface area contributed by atoms with E-state index in [1.807, 2.05) is 6.92 Å². The van der Waals surface area contributed by atoms with Gasteiger partial charge in [0.25, 0.3) is 5.56 Å². The van der Waals surface area contributed by atoms with Crippen molar-refractivity contribution in [1.82, 2.24) is 9.88 Å². The summed E-state index contributed by atoms with van der Waals surface area (Å²) < 4.78 is 27.6. The number of hydrogen-bond acceptors (Lipinski definition) is 3. The molecule has 0 spiro atoms. The van der Waals surface area contributed by atoms with E-state index in [1.165, 1.54) is 10.6 Å². The average Bonchev–Trinajstić information content (AvgIpc) is 2.59. The zero-order chi connectivity index (χ0) is 20.0. The molecule has 6 nitrogen and oxygen atoms in total. The fraction of sp³-hybridized carbons (Fsp3) is 0.316. The molecule has 0 aliphatic rings. The van der Waals surface area contributed by atoms with Gasteiger partial charge in [-0.15, -0.1) is 0 Å². The van der Waals surface area contributed by atoms with Crippen LogP contribution in [-0.2, 0) is 22.7 Å². The van der Waals surface area contributed by atoms with Crippen molar-refractivity contribution in [2.45, 2.75) is 39.8 Å². The molecule has 1 aromatic carbocycles. The molecule has 2 rings (SSSR count). The predicted octanol–water partition coefficient (Wildman–Crippen LogP) is 2.49. The van der Waals surface area contributed by atoms with Gasteiger partial charge in [-0.05, 0) is 43.2 Å². The first-order valence-electron chi connectivity index (χ1n) is 8.52. The minimum atomic E-state index is -0.734. The molecule has 0 bridgehead atoms. The van der Waals surface area contributed by atoms with Crippen molar-refractivity contribution in [3.8, 4) is 0 Å². The number of anilines is 1. The zero-order valence-electron chi connectivity index (χ0n) is 15.1. The molecule has 0 aliphatic heterocycles. The molecule has 8 heteroatoms. The van der Waals surface area contributed by atoms with E-state index < -0.39 is 23.1 Å². The maximum absolute atomic E-state index is 13.2. The standard InChI is InChI=1S/C19H21F2N3O3/c1-3-4-17(25)23-16-6-5-12(2)24(19(16)27)11-18(26)22-10-13-7-14(20)9-15(21)8-13/h5-9H,3-4,10-11H2,1-2H3,(H,22,26)(H,23,25). The third-order valence-corrected chi connectivity index (χ3v) is 3.86. The van der Waals surface area contributed by atoms with E-state index in [4.69, 9.17) is 0 Å². The Morgan fingerprint density at radius 1 is 1.07 bits per heavy atom. The van der Waals surface area contributed by atoms with Crippen LogP contribution in [0.3, 0.4) is 0 Å². The number of nitrogens with zero attached hydrogens (tertiary/aromatic N) is 1. The molecule has 1 heterocycles. The van der Waals surface area contributed by atoms with Crippen LogP contribution in [0.25, 0.3) is 0 Å². The van der Waals surface area contributed by atoms with Gasteiger partial charge in [0.15, 0.2) is 0 Å². The Balaban J connectivity index is 2.08. The lowest BCUT2D eigenvalue weighted by atomic mass is 10.2. The van der Waals surface area contributed by atoms with E-state index in [0.717, 1.165) is 18.2 Å². The molecule has 27 heavy (non-hydrogen) atoms. The summed E-state index contributed by atoms with van der Waals surface area (Å²) in [5.74, 6) is -2.24. The lowest BCUT2D eigenvalue weighted by Gasteiger charge is -2.13. The van der Waals surface area contributed by atoms with Crippen LogP contribution < -0.4 is 16.2 Å². The van der Waals surface area contributed by atoms with Gasteiger partial charge in [-0.1, -0.05) is 6.92 Å². The third kappa shape index (κ3) is 5.73. The van der Waals surface area contributed by atoms with Gasteiger partial charge >= 0.3 is 0 Å². The lowest BCUT2D eigenvalue weighted by Crippen LogP contribution is -2.34. The Kier molecular flexibility index (Phi) is 6.81. The first-order chi connectivity index (χ1) is 12.8. The molecule has 0 saturated heterocycles. The van der Waals surface area contributed by atoms with Crippen LogP contribution >= 0.6 is 0 Å². The van der Waals surface area contributed by atoms with Crippen LogP contribution in [0.4, 0.5) is 14.5 Å². The van der Waals surface area contributed by atoms with Crippen molar-refractivity contribution >= 4 is 17.5 Å². The molecule has 2 amide bonds. The van der Waals surface area contributed by atoms with Crippen LogP contribution in [0.15, 0.2) is 35.1 Å². The van der Waals surface area contributed by atoms with Crippen LogP contribution in [0.5, 0.6) is 0 Å². The second-order valence-corrected chi connectivity index (χ2v) is 6.13. The average molecular weight is 377 g/mol. The first-order valence-corrected chi connectivity index (χ1v) is 8.52. The molecular weight excluding hydrogens is 356 g/mol. The summed E-state index contributed by atoms with van der Waals surface area (Å²) in [6.07, 6.45) is 0.937. The fourth-order valence-electron chi connectivity index (χ4n) is 2.52. The second-order valence-electron chi connectivity index (χ2n) is 6.13. The minimum Gasteiger partial charge on any atom is -0.350 e. The number of hydrogen-bond donors (Lipinski definition) is 2. The Hall–Kier alpha value is -3.03. The summed E-state index contributed by atoms with van der Waals surface area (Å²) in [6, 6.07) is 6.09. The number of rotatable bonds is 7. The van der Waals surface area contributed by atoms with E-state index in [0.29, 0.717) is 12.1 Å². The molecule has 0 aliphatic carbocycles. The number of carbonyl (C=O) groups excluding carboxylic acids is 2. The summed E-state index contributed by atoms with van der Waals surface area (Å²) >= 11 is 0. The maximum atomic E-state index is 13.2. The van der Waals surface area contributed by atoms with Crippen LogP contribution in [0.2, 0.25) is 0 Å². The van der Waals surface area contributed by atoms with Crippen LogP contribution in [0, 0.1) is 18.6 Å². The van der Waals surface area contributed by atoms with Gasteiger partial charge in [-0.25, -0.2) is 8.78 Å². The van der Waals surface area contributed by atoms with Crippen molar-refractivity contribution < 1.29 is 18.4 Å². The van der Waals surface area contributed by atoms with Crippen LogP contribution in [-0.4, -0.2) is 16.4 Å². The van der Waals surface area contributed by atoms with E-state index in [2.05, 4.69) is 10.6 Å². The third-order valence-electron chi connectivity index (χ3n) is 3.86. The molecule has 0 fully saturated rings. The number of nitrogens with one attached hydrogen (secondary N) is 2. The summed E-state index contributed by atoms with van der Waals surface area (Å²) in [5, 5.41) is 5.05. The van der Waals surface area contributed by atoms with Gasteiger partial charge in [0.2, 0.25) is 11.8 Å². The molecule has 0 radical (unpaired) electrons. The van der Waals surface area contributed by atoms with E-state index >= 15 is 0 Å². The van der Waals surface area contributed by atoms with Crippen molar-refractivity contribution in [3.05, 3.63) is 63.6 Å². The van der Waals surface area contributed by atoms with Crippen molar-refractivity contribution in [3.63, 3.8) is 0 Å². The van der Waals surface area contributed by atoms with Gasteiger partial charge in [-0.2, -0.15) is 0 Å². The highest BCUT2D eigenvalue weighted by Gasteiger charge is 2.12. The number of carbonyl (C=O) groups is 2. The van der Waals surface area contributed by atoms with E-state index in [9.17, 15) is 23.2 Å². The SMILES string of the molecule is CCCC(=O)Nc1ccc(C)n(CC(=O)NCc2cc(F)cc(F)c2)c1=O. The second kappa shape index (κ2) is 9.07.